The summed E-state index contributed by atoms with van der Waals surface area (Å²) >= 11 is 0. The summed E-state index contributed by atoms with van der Waals surface area (Å²) in [4.78, 5) is 19.9. The van der Waals surface area contributed by atoms with Gasteiger partial charge in [0.05, 0.1) is 0 Å². The Morgan fingerprint density at radius 3 is 2.41 bits per heavy atom. The van der Waals surface area contributed by atoms with Gasteiger partial charge in [-0.2, -0.15) is 13.2 Å². The summed E-state index contributed by atoms with van der Waals surface area (Å²) < 4.78 is 31.7. The SMILES string of the molecule is O=C(O)C(F)(F)F.c1ncc(C2CC2)c(N2CCNCC2)n1. The van der Waals surface area contributed by atoms with E-state index in [9.17, 15) is 13.2 Å². The van der Waals surface area contributed by atoms with Crippen molar-refractivity contribution in [3.63, 3.8) is 0 Å². The van der Waals surface area contributed by atoms with Gasteiger partial charge < -0.3 is 15.3 Å². The summed E-state index contributed by atoms with van der Waals surface area (Å²) in [5, 5.41) is 10.5. The Balaban J connectivity index is 0.000000217. The summed E-state index contributed by atoms with van der Waals surface area (Å²) in [5.41, 5.74) is 1.36. The van der Waals surface area contributed by atoms with Crippen LogP contribution in [0.25, 0.3) is 0 Å². The molecule has 3 rings (SSSR count). The lowest BCUT2D eigenvalue weighted by molar-refractivity contribution is -0.192. The van der Waals surface area contributed by atoms with E-state index < -0.39 is 12.1 Å². The highest BCUT2D eigenvalue weighted by molar-refractivity contribution is 5.73. The molecule has 0 spiro atoms. The number of rotatable bonds is 2. The zero-order valence-electron chi connectivity index (χ0n) is 11.8. The van der Waals surface area contributed by atoms with Gasteiger partial charge in [0.25, 0.3) is 0 Å². The monoisotopic (exact) mass is 318 g/mol. The van der Waals surface area contributed by atoms with Crippen molar-refractivity contribution < 1.29 is 23.1 Å². The molecule has 6 nitrogen and oxygen atoms in total. The van der Waals surface area contributed by atoms with Crippen LogP contribution in [-0.2, 0) is 4.79 Å². The van der Waals surface area contributed by atoms with Crippen molar-refractivity contribution in [1.29, 1.82) is 0 Å². The molecule has 2 heterocycles. The van der Waals surface area contributed by atoms with E-state index in [1.165, 1.54) is 24.2 Å². The minimum absolute atomic E-state index is 0.732. The van der Waals surface area contributed by atoms with Gasteiger partial charge in [-0.15, -0.1) is 0 Å². The fraction of sp³-hybridized carbons (Fsp3) is 0.615. The number of anilines is 1. The van der Waals surface area contributed by atoms with Gasteiger partial charge in [-0.1, -0.05) is 0 Å². The molecule has 2 N–H and O–H groups in total. The van der Waals surface area contributed by atoms with Crippen LogP contribution in [0.4, 0.5) is 19.0 Å². The van der Waals surface area contributed by atoms with Gasteiger partial charge in [0.15, 0.2) is 0 Å². The third kappa shape index (κ3) is 4.55. The molecular weight excluding hydrogens is 301 g/mol. The molecule has 0 bridgehead atoms. The predicted octanol–water partition coefficient (Wildman–Crippen LogP) is 1.40. The summed E-state index contributed by atoms with van der Waals surface area (Å²) in [6, 6.07) is 0. The summed E-state index contributed by atoms with van der Waals surface area (Å²) in [6.07, 6.45) is 1.21. The zero-order valence-corrected chi connectivity index (χ0v) is 11.8. The van der Waals surface area contributed by atoms with E-state index in [0.29, 0.717) is 0 Å². The maximum absolute atomic E-state index is 10.6. The van der Waals surface area contributed by atoms with Crippen LogP contribution in [-0.4, -0.2) is 53.4 Å². The molecule has 122 valence electrons. The molecule has 1 aliphatic carbocycles. The lowest BCUT2D eigenvalue weighted by Gasteiger charge is -2.29. The molecule has 1 aromatic rings. The number of carboxylic acid groups (broad SMARTS) is 1. The Hall–Kier alpha value is -1.90. The van der Waals surface area contributed by atoms with Crippen LogP contribution in [0.15, 0.2) is 12.5 Å². The minimum atomic E-state index is -5.08. The zero-order chi connectivity index (χ0) is 16.2. The highest BCUT2D eigenvalue weighted by atomic mass is 19.4. The van der Waals surface area contributed by atoms with Gasteiger partial charge in [0.2, 0.25) is 0 Å². The fourth-order valence-corrected chi connectivity index (χ4v) is 2.16. The van der Waals surface area contributed by atoms with Gasteiger partial charge in [-0.3, -0.25) is 0 Å². The van der Waals surface area contributed by atoms with Crippen LogP contribution in [0.1, 0.15) is 24.3 Å². The lowest BCUT2D eigenvalue weighted by atomic mass is 10.2. The van der Waals surface area contributed by atoms with Crippen molar-refractivity contribution in [2.45, 2.75) is 24.9 Å². The van der Waals surface area contributed by atoms with E-state index in [0.717, 1.165) is 32.1 Å². The predicted molar refractivity (Wildman–Crippen MR) is 72.8 cm³/mol. The van der Waals surface area contributed by atoms with Gasteiger partial charge in [-0.25, -0.2) is 14.8 Å². The number of aromatic nitrogens is 2. The number of nitrogens with one attached hydrogen (secondary N) is 1. The topological polar surface area (TPSA) is 78.3 Å². The minimum Gasteiger partial charge on any atom is -0.475 e. The molecule has 1 saturated heterocycles. The normalized spacial score (nSPS) is 18.4. The number of hydrogen-bond acceptors (Lipinski definition) is 5. The number of aliphatic carboxylic acids is 1. The van der Waals surface area contributed by atoms with Crippen LogP contribution in [0, 0.1) is 0 Å². The third-order valence-electron chi connectivity index (χ3n) is 3.39. The number of nitrogens with zero attached hydrogens (tertiary/aromatic N) is 3. The second-order valence-electron chi connectivity index (χ2n) is 5.12. The second kappa shape index (κ2) is 6.91. The van der Waals surface area contributed by atoms with Crippen molar-refractivity contribution in [3.8, 4) is 0 Å². The highest BCUT2D eigenvalue weighted by Gasteiger charge is 2.38. The molecule has 0 atom stereocenters. The first-order valence-corrected chi connectivity index (χ1v) is 6.95. The van der Waals surface area contributed by atoms with Crippen LogP contribution in [0.2, 0.25) is 0 Å². The first-order chi connectivity index (χ1) is 10.4. The smallest absolute Gasteiger partial charge is 0.475 e. The summed E-state index contributed by atoms with van der Waals surface area (Å²) in [6.45, 7) is 4.26. The molecule has 0 aromatic carbocycles. The molecule has 1 saturated carbocycles. The molecule has 0 radical (unpaired) electrons. The van der Waals surface area contributed by atoms with E-state index in [1.807, 2.05) is 6.20 Å². The Morgan fingerprint density at radius 1 is 1.32 bits per heavy atom. The van der Waals surface area contributed by atoms with E-state index in [2.05, 4.69) is 20.2 Å². The largest absolute Gasteiger partial charge is 0.490 e. The number of carbonyl (C=O) groups is 1. The van der Waals surface area contributed by atoms with Crippen LogP contribution in [0.3, 0.4) is 0 Å². The molecule has 1 aliphatic heterocycles. The van der Waals surface area contributed by atoms with Crippen molar-refractivity contribution >= 4 is 11.8 Å². The molecule has 0 unspecified atom stereocenters. The van der Waals surface area contributed by atoms with Gasteiger partial charge >= 0.3 is 12.1 Å². The Morgan fingerprint density at radius 2 is 1.91 bits per heavy atom. The summed E-state index contributed by atoms with van der Waals surface area (Å²) in [5.74, 6) is -0.849. The molecule has 2 fully saturated rings. The van der Waals surface area contributed by atoms with E-state index in [4.69, 9.17) is 9.90 Å². The number of halogens is 3. The number of hydrogen-bond donors (Lipinski definition) is 2. The summed E-state index contributed by atoms with van der Waals surface area (Å²) in [7, 11) is 0. The Labute approximate surface area is 125 Å². The standard InChI is InChI=1S/C11H16N4.C2HF3O2/c1-2-9(1)10-7-13-8-14-11(10)15-5-3-12-4-6-15;3-2(4,5)1(6)7/h7-9,12H,1-6H2;(H,6,7). The number of piperazine rings is 1. The van der Waals surface area contributed by atoms with E-state index in [1.54, 1.807) is 6.33 Å². The Kier molecular flexibility index (Phi) is 5.17. The van der Waals surface area contributed by atoms with Crippen LogP contribution >= 0.6 is 0 Å². The first-order valence-electron chi connectivity index (χ1n) is 6.95. The number of carboxylic acids is 1. The molecule has 0 amide bonds. The quantitative estimate of drug-likeness (QED) is 0.858. The fourth-order valence-electron chi connectivity index (χ4n) is 2.16. The molecule has 1 aromatic heterocycles. The maximum atomic E-state index is 10.6. The average Bonchev–Trinajstić information content (AvgIpc) is 3.32. The number of alkyl halides is 3. The highest BCUT2D eigenvalue weighted by Crippen LogP contribution is 2.43. The van der Waals surface area contributed by atoms with Gasteiger partial charge in [-0.05, 0) is 18.8 Å². The maximum Gasteiger partial charge on any atom is 0.490 e. The van der Waals surface area contributed by atoms with Gasteiger partial charge in [0.1, 0.15) is 12.1 Å². The van der Waals surface area contributed by atoms with Crippen molar-refractivity contribution in [1.82, 2.24) is 15.3 Å². The van der Waals surface area contributed by atoms with Crippen LogP contribution < -0.4 is 10.2 Å². The van der Waals surface area contributed by atoms with Crippen molar-refractivity contribution in [3.05, 3.63) is 18.1 Å². The Bertz CT molecular complexity index is 514. The van der Waals surface area contributed by atoms with Crippen molar-refractivity contribution in [2.24, 2.45) is 0 Å². The average molecular weight is 318 g/mol. The van der Waals surface area contributed by atoms with Crippen molar-refractivity contribution in [2.75, 3.05) is 31.1 Å². The second-order valence-corrected chi connectivity index (χ2v) is 5.12. The van der Waals surface area contributed by atoms with E-state index in [-0.39, 0.29) is 0 Å². The molecule has 9 heteroatoms. The van der Waals surface area contributed by atoms with E-state index >= 15 is 0 Å². The molecule has 22 heavy (non-hydrogen) atoms. The third-order valence-corrected chi connectivity index (χ3v) is 3.39. The lowest BCUT2D eigenvalue weighted by Crippen LogP contribution is -2.44. The van der Waals surface area contributed by atoms with Crippen LogP contribution in [0.5, 0.6) is 0 Å². The first kappa shape index (κ1) is 16.5. The van der Waals surface area contributed by atoms with Gasteiger partial charge in [0, 0.05) is 37.9 Å². The molecule has 2 aliphatic rings. The molecular formula is C13H17F3N4O2.